The summed E-state index contributed by atoms with van der Waals surface area (Å²) in [4.78, 5) is 17.9. The van der Waals surface area contributed by atoms with Crippen molar-refractivity contribution in [2.75, 3.05) is 0 Å². The Labute approximate surface area is 174 Å². The highest BCUT2D eigenvalue weighted by Gasteiger charge is 2.53. The number of aromatic nitrogens is 1. The maximum atomic E-state index is 13.6. The van der Waals surface area contributed by atoms with Gasteiger partial charge >= 0.3 is 0 Å². The SMILES string of the molecule is Cc1ccccc1-c1cc(C(=O)N2NC(=C(F)F)CC2(O)C(F)F)c2ccccc2n1. The molecule has 9 heteroatoms. The van der Waals surface area contributed by atoms with Crippen LogP contribution < -0.4 is 5.43 Å². The Morgan fingerprint density at radius 3 is 2.52 bits per heavy atom. The quantitative estimate of drug-likeness (QED) is 0.594. The lowest BCUT2D eigenvalue weighted by atomic mass is 10.00. The number of amides is 1. The minimum absolute atomic E-state index is 0.0593. The number of aliphatic hydroxyl groups is 1. The maximum Gasteiger partial charge on any atom is 0.291 e. The third-order valence-electron chi connectivity index (χ3n) is 5.22. The number of halogens is 4. The Morgan fingerprint density at radius 2 is 1.84 bits per heavy atom. The number of fused-ring (bicyclic) bond motifs is 1. The van der Waals surface area contributed by atoms with Gasteiger partial charge in [-0.15, -0.1) is 0 Å². The Hall–Kier alpha value is -3.46. The van der Waals surface area contributed by atoms with Crippen molar-refractivity contribution in [3.05, 3.63) is 77.5 Å². The Bertz CT molecular complexity index is 1210. The molecule has 3 aromatic rings. The van der Waals surface area contributed by atoms with Crippen LogP contribution in [0.3, 0.4) is 0 Å². The van der Waals surface area contributed by atoms with E-state index in [4.69, 9.17) is 0 Å². The van der Waals surface area contributed by atoms with Crippen LogP contribution in [0.15, 0.2) is 66.4 Å². The van der Waals surface area contributed by atoms with Crippen LogP contribution >= 0.6 is 0 Å². The number of pyridine rings is 1. The van der Waals surface area contributed by atoms with Crippen LogP contribution in [0.1, 0.15) is 22.3 Å². The van der Waals surface area contributed by atoms with E-state index in [1.54, 1.807) is 36.4 Å². The van der Waals surface area contributed by atoms with E-state index >= 15 is 0 Å². The van der Waals surface area contributed by atoms with Gasteiger partial charge in [-0.3, -0.25) is 10.2 Å². The van der Waals surface area contributed by atoms with Crippen molar-refractivity contribution in [2.24, 2.45) is 0 Å². The largest absolute Gasteiger partial charge is 0.364 e. The molecule has 4 rings (SSSR count). The second kappa shape index (κ2) is 7.66. The third kappa shape index (κ3) is 3.50. The summed E-state index contributed by atoms with van der Waals surface area (Å²) >= 11 is 0. The number of hydrogen-bond acceptors (Lipinski definition) is 4. The van der Waals surface area contributed by atoms with Gasteiger partial charge in [0.05, 0.1) is 23.2 Å². The summed E-state index contributed by atoms with van der Waals surface area (Å²) in [7, 11) is 0. The number of rotatable bonds is 3. The molecule has 2 heterocycles. The van der Waals surface area contributed by atoms with Gasteiger partial charge in [0.15, 0.2) is 0 Å². The smallest absolute Gasteiger partial charge is 0.291 e. The zero-order valence-corrected chi connectivity index (χ0v) is 16.2. The summed E-state index contributed by atoms with van der Waals surface area (Å²) in [6, 6.07) is 15.2. The van der Waals surface area contributed by atoms with E-state index in [1.807, 2.05) is 24.5 Å². The molecule has 0 spiro atoms. The van der Waals surface area contributed by atoms with Gasteiger partial charge in [0.1, 0.15) is 5.70 Å². The van der Waals surface area contributed by atoms with E-state index in [0.29, 0.717) is 16.6 Å². The fourth-order valence-corrected chi connectivity index (χ4v) is 3.59. The molecular weight excluding hydrogens is 414 g/mol. The summed E-state index contributed by atoms with van der Waals surface area (Å²) in [6.45, 7) is 1.85. The van der Waals surface area contributed by atoms with E-state index < -0.39 is 36.3 Å². The first-order chi connectivity index (χ1) is 14.7. The average Bonchev–Trinajstić information content (AvgIpc) is 3.12. The first-order valence-electron chi connectivity index (χ1n) is 9.34. The number of hydrazine groups is 1. The molecule has 0 saturated carbocycles. The number of para-hydroxylation sites is 1. The predicted molar refractivity (Wildman–Crippen MR) is 106 cm³/mol. The number of benzene rings is 2. The molecule has 1 aliphatic heterocycles. The molecule has 1 aliphatic rings. The molecule has 1 amide bonds. The highest BCUT2D eigenvalue weighted by molar-refractivity contribution is 6.07. The molecule has 1 fully saturated rings. The Balaban J connectivity index is 1.90. The highest BCUT2D eigenvalue weighted by Crippen LogP contribution is 2.37. The molecule has 160 valence electrons. The topological polar surface area (TPSA) is 65.5 Å². The Kier molecular flexibility index (Phi) is 5.14. The van der Waals surface area contributed by atoms with Crippen LogP contribution in [0.25, 0.3) is 22.2 Å². The standard InChI is InChI=1S/C22H17F4N3O2/c1-12-6-2-3-7-13(12)17-10-15(14-8-4-5-9-16(14)27-17)20(30)29-22(31,21(25)26)11-18(28-29)19(23)24/h2-10,21,28,31H,11H2,1H3. The van der Waals surface area contributed by atoms with Crippen molar-refractivity contribution >= 4 is 16.8 Å². The van der Waals surface area contributed by atoms with Gasteiger partial charge in [-0.25, -0.2) is 18.8 Å². The number of alkyl halides is 2. The molecule has 5 nitrogen and oxygen atoms in total. The van der Waals surface area contributed by atoms with Crippen LogP contribution in [-0.2, 0) is 0 Å². The number of carbonyl (C=O) groups is 1. The second-order valence-electron chi connectivity index (χ2n) is 7.23. The number of carbonyl (C=O) groups excluding carboxylic acids is 1. The lowest BCUT2D eigenvalue weighted by Gasteiger charge is -2.31. The van der Waals surface area contributed by atoms with Crippen molar-refractivity contribution in [1.29, 1.82) is 0 Å². The second-order valence-corrected chi connectivity index (χ2v) is 7.23. The van der Waals surface area contributed by atoms with Gasteiger partial charge < -0.3 is 5.11 Å². The summed E-state index contributed by atoms with van der Waals surface area (Å²) in [5.74, 6) is -1.08. The number of nitrogens with one attached hydrogen (secondary N) is 1. The van der Waals surface area contributed by atoms with Crippen LogP contribution in [0.5, 0.6) is 0 Å². The first kappa shape index (κ1) is 20.8. The fourth-order valence-electron chi connectivity index (χ4n) is 3.59. The molecule has 1 unspecified atom stereocenters. The summed E-state index contributed by atoms with van der Waals surface area (Å²) < 4.78 is 53.4. The molecule has 1 atom stereocenters. The number of aryl methyl sites for hydroxylation is 1. The van der Waals surface area contributed by atoms with Crippen LogP contribution in [0.4, 0.5) is 17.6 Å². The third-order valence-corrected chi connectivity index (χ3v) is 5.22. The highest BCUT2D eigenvalue weighted by atomic mass is 19.3. The van der Waals surface area contributed by atoms with E-state index in [-0.39, 0.29) is 10.6 Å². The van der Waals surface area contributed by atoms with E-state index in [2.05, 4.69) is 4.98 Å². The molecule has 31 heavy (non-hydrogen) atoms. The van der Waals surface area contributed by atoms with Crippen molar-refractivity contribution in [2.45, 2.75) is 25.5 Å². The van der Waals surface area contributed by atoms with Gasteiger partial charge in [-0.1, -0.05) is 42.5 Å². The molecule has 1 saturated heterocycles. The molecule has 1 aromatic heterocycles. The van der Waals surface area contributed by atoms with E-state index in [0.717, 1.165) is 11.1 Å². The fraction of sp³-hybridized carbons (Fsp3) is 0.182. The summed E-state index contributed by atoms with van der Waals surface area (Å²) in [5.41, 5.74) is 0.257. The zero-order chi connectivity index (χ0) is 22.3. The summed E-state index contributed by atoms with van der Waals surface area (Å²) in [6.07, 6.45) is -6.88. The van der Waals surface area contributed by atoms with Gasteiger partial charge in [0.25, 0.3) is 18.4 Å². The first-order valence-corrected chi connectivity index (χ1v) is 9.34. The van der Waals surface area contributed by atoms with Gasteiger partial charge in [-0.2, -0.15) is 8.78 Å². The lowest BCUT2D eigenvalue weighted by Crippen LogP contribution is -2.55. The minimum atomic E-state index is -3.48. The lowest BCUT2D eigenvalue weighted by molar-refractivity contribution is -0.168. The van der Waals surface area contributed by atoms with Crippen molar-refractivity contribution < 1.29 is 27.5 Å². The number of nitrogens with zero attached hydrogens (tertiary/aromatic N) is 2. The predicted octanol–water partition coefficient (Wildman–Crippen LogP) is 4.62. The molecule has 2 aromatic carbocycles. The van der Waals surface area contributed by atoms with Crippen LogP contribution in [0.2, 0.25) is 0 Å². The van der Waals surface area contributed by atoms with Gasteiger partial charge in [0, 0.05) is 10.9 Å². The average molecular weight is 431 g/mol. The Morgan fingerprint density at radius 1 is 1.16 bits per heavy atom. The van der Waals surface area contributed by atoms with E-state index in [9.17, 15) is 27.5 Å². The van der Waals surface area contributed by atoms with Crippen molar-refractivity contribution in [3.63, 3.8) is 0 Å². The molecule has 0 radical (unpaired) electrons. The number of hydrogen-bond donors (Lipinski definition) is 2. The van der Waals surface area contributed by atoms with Crippen LogP contribution in [-0.4, -0.2) is 33.2 Å². The zero-order valence-electron chi connectivity index (χ0n) is 16.2. The normalized spacial score (nSPS) is 18.5. The van der Waals surface area contributed by atoms with Crippen molar-refractivity contribution in [3.8, 4) is 11.3 Å². The minimum Gasteiger partial charge on any atom is -0.364 e. The van der Waals surface area contributed by atoms with E-state index in [1.165, 1.54) is 6.07 Å². The van der Waals surface area contributed by atoms with Gasteiger partial charge in [0.2, 0.25) is 5.72 Å². The molecule has 2 N–H and O–H groups in total. The monoisotopic (exact) mass is 431 g/mol. The van der Waals surface area contributed by atoms with Crippen molar-refractivity contribution in [1.82, 2.24) is 15.4 Å². The van der Waals surface area contributed by atoms with Gasteiger partial charge in [-0.05, 0) is 24.6 Å². The molecule has 0 bridgehead atoms. The summed E-state index contributed by atoms with van der Waals surface area (Å²) in [5, 5.41) is 10.9. The maximum absolute atomic E-state index is 13.6. The van der Waals surface area contributed by atoms with Crippen LogP contribution in [0, 0.1) is 6.92 Å². The molecule has 0 aliphatic carbocycles. The molecular formula is C22H17F4N3O2.